The summed E-state index contributed by atoms with van der Waals surface area (Å²) in [5.74, 6) is 0.259. The van der Waals surface area contributed by atoms with Gasteiger partial charge in [-0.1, -0.05) is 46.0 Å². The normalized spacial score (nSPS) is 26.7. The highest BCUT2D eigenvalue weighted by Crippen LogP contribution is 2.58. The first-order chi connectivity index (χ1) is 20.3. The van der Waals surface area contributed by atoms with Gasteiger partial charge < -0.3 is 19.3 Å². The topological polar surface area (TPSA) is 88.7 Å². The van der Waals surface area contributed by atoms with Crippen LogP contribution in [-0.4, -0.2) is 38.8 Å². The van der Waals surface area contributed by atoms with Crippen molar-refractivity contribution in [3.05, 3.63) is 62.4 Å². The Morgan fingerprint density at radius 1 is 1.05 bits per heavy atom. The Labute approximate surface area is 261 Å². The molecule has 42 heavy (non-hydrogen) atoms. The van der Waals surface area contributed by atoms with Crippen LogP contribution in [0.15, 0.2) is 34.9 Å². The zero-order valence-electron chi connectivity index (χ0n) is 22.6. The molecule has 2 aliphatic heterocycles. The lowest BCUT2D eigenvalue weighted by Gasteiger charge is -2.55. The molecule has 2 saturated carbocycles. The molecule has 4 fully saturated rings. The van der Waals surface area contributed by atoms with Gasteiger partial charge in [0.15, 0.2) is 5.69 Å². The van der Waals surface area contributed by atoms with E-state index in [1.165, 1.54) is 11.5 Å². The Morgan fingerprint density at radius 3 is 2.43 bits per heavy atom. The summed E-state index contributed by atoms with van der Waals surface area (Å²) in [5.41, 5.74) is 3.79. The number of hydrogen-bond acceptors (Lipinski definition) is 7. The molecule has 4 aliphatic rings. The second-order valence-electron chi connectivity index (χ2n) is 12.4. The van der Waals surface area contributed by atoms with Gasteiger partial charge in [0, 0.05) is 40.2 Å². The van der Waals surface area contributed by atoms with E-state index in [2.05, 4.69) is 20.5 Å². The zero-order valence-corrected chi connectivity index (χ0v) is 25.7. The van der Waals surface area contributed by atoms with Gasteiger partial charge in [0.2, 0.25) is 0 Å². The molecule has 11 heteroatoms. The molecule has 4 aromatic rings. The number of ether oxygens (including phenoxy) is 1. The van der Waals surface area contributed by atoms with Gasteiger partial charge in [-0.05, 0) is 92.6 Å². The number of anilines is 1. The minimum Gasteiger partial charge on any atom is -0.476 e. The summed E-state index contributed by atoms with van der Waals surface area (Å²) < 4.78 is 17.3. The third kappa shape index (κ3) is 4.44. The Bertz CT molecular complexity index is 1690. The van der Waals surface area contributed by atoms with E-state index in [9.17, 15) is 9.90 Å². The minimum atomic E-state index is -1.05. The molecule has 2 aromatic carbocycles. The largest absolute Gasteiger partial charge is 0.476 e. The maximum Gasteiger partial charge on any atom is 0.356 e. The number of piperidine rings is 1. The lowest BCUT2D eigenvalue weighted by Crippen LogP contribution is -2.54. The molecule has 2 saturated heterocycles. The van der Waals surface area contributed by atoms with E-state index in [0.29, 0.717) is 61.7 Å². The number of aromatic carboxylic acids is 1. The number of carboxylic acids is 1. The van der Waals surface area contributed by atoms with Crippen molar-refractivity contribution in [3.63, 3.8) is 0 Å². The Kier molecular flexibility index (Phi) is 6.54. The van der Waals surface area contributed by atoms with E-state index >= 15 is 0 Å². The Hall–Kier alpha value is -2.36. The first-order valence-electron chi connectivity index (χ1n) is 14.5. The Morgan fingerprint density at radius 2 is 1.76 bits per heavy atom. The second-order valence-corrected chi connectivity index (χ2v) is 14.5. The Balaban J connectivity index is 0.967. The summed E-state index contributed by atoms with van der Waals surface area (Å²) in [6.07, 6.45) is 9.08. The molecule has 2 aromatic heterocycles. The van der Waals surface area contributed by atoms with Gasteiger partial charge in [-0.2, -0.15) is 4.37 Å². The van der Waals surface area contributed by atoms with Crippen molar-refractivity contribution < 1.29 is 19.2 Å². The quantitative estimate of drug-likeness (QED) is 0.215. The number of rotatable bonds is 7. The molecule has 7 nitrogen and oxygen atoms in total. The van der Waals surface area contributed by atoms with Crippen molar-refractivity contribution >= 4 is 68.1 Å². The standard InChI is InChI=1S/C31H28Cl3N3O4S/c32-21-2-1-3-22(33)25(21)27-20(29(41-35-27)15-4-5-15)14-40-19-12-31(13-19)10-16-6-7-17(11-31)37(16)18-8-23(34)26-24(9-18)42-36-28(26)30(38)39/h1-3,8-9,15-17,19H,4-7,10-14H2,(H,38,39). The van der Waals surface area contributed by atoms with E-state index in [4.69, 9.17) is 44.1 Å². The number of carbonyl (C=O) groups is 1. The number of aromatic nitrogens is 2. The third-order valence-corrected chi connectivity index (χ3v) is 11.4. The number of hydrogen-bond donors (Lipinski definition) is 1. The summed E-state index contributed by atoms with van der Waals surface area (Å²) in [5, 5.41) is 16.0. The number of carboxylic acid groups (broad SMARTS) is 1. The summed E-state index contributed by atoms with van der Waals surface area (Å²) in [6, 6.07) is 10.4. The van der Waals surface area contributed by atoms with E-state index in [1.807, 2.05) is 24.3 Å². The molecule has 8 rings (SSSR count). The van der Waals surface area contributed by atoms with E-state index in [-0.39, 0.29) is 11.8 Å². The average Bonchev–Trinajstić information content (AvgIpc) is 3.44. The predicted molar refractivity (Wildman–Crippen MR) is 164 cm³/mol. The molecule has 4 heterocycles. The van der Waals surface area contributed by atoms with Gasteiger partial charge in [0.25, 0.3) is 0 Å². The third-order valence-electron chi connectivity index (χ3n) is 9.72. The van der Waals surface area contributed by atoms with Crippen LogP contribution in [0, 0.1) is 5.41 Å². The monoisotopic (exact) mass is 643 g/mol. The molecule has 2 atom stereocenters. The van der Waals surface area contributed by atoms with Crippen LogP contribution in [-0.2, 0) is 11.3 Å². The number of fused-ring (bicyclic) bond motifs is 3. The molecule has 0 amide bonds. The lowest BCUT2D eigenvalue weighted by atomic mass is 9.59. The van der Waals surface area contributed by atoms with Crippen LogP contribution < -0.4 is 4.90 Å². The molecular weight excluding hydrogens is 617 g/mol. The van der Waals surface area contributed by atoms with Gasteiger partial charge in [-0.3, -0.25) is 0 Å². The molecule has 218 valence electrons. The lowest BCUT2D eigenvalue weighted by molar-refractivity contribution is -0.103. The maximum atomic E-state index is 11.6. The van der Waals surface area contributed by atoms with Crippen LogP contribution in [0.25, 0.3) is 21.3 Å². The number of benzene rings is 2. The van der Waals surface area contributed by atoms with E-state index in [0.717, 1.165) is 73.1 Å². The summed E-state index contributed by atoms with van der Waals surface area (Å²) >= 11 is 20.9. The molecule has 1 spiro atoms. The van der Waals surface area contributed by atoms with Crippen molar-refractivity contribution in [1.82, 2.24) is 9.53 Å². The van der Waals surface area contributed by atoms with Gasteiger partial charge >= 0.3 is 5.97 Å². The van der Waals surface area contributed by atoms with E-state index < -0.39 is 5.97 Å². The van der Waals surface area contributed by atoms with Crippen molar-refractivity contribution in [2.24, 2.45) is 5.41 Å². The molecule has 2 aliphatic carbocycles. The van der Waals surface area contributed by atoms with E-state index in [1.54, 1.807) is 0 Å². The fraction of sp³-hybridized carbons (Fsp3) is 0.452. The number of nitrogens with zero attached hydrogens (tertiary/aromatic N) is 3. The average molecular weight is 645 g/mol. The summed E-state index contributed by atoms with van der Waals surface area (Å²) in [4.78, 5) is 14.1. The van der Waals surface area contributed by atoms with Crippen molar-refractivity contribution in [1.29, 1.82) is 0 Å². The smallest absolute Gasteiger partial charge is 0.356 e. The highest BCUT2D eigenvalue weighted by Gasteiger charge is 2.54. The van der Waals surface area contributed by atoms with Crippen molar-refractivity contribution in [3.8, 4) is 11.3 Å². The van der Waals surface area contributed by atoms with Crippen LogP contribution >= 0.6 is 46.3 Å². The van der Waals surface area contributed by atoms with Crippen LogP contribution in [0.4, 0.5) is 5.69 Å². The first kappa shape index (κ1) is 27.2. The first-order valence-corrected chi connectivity index (χ1v) is 16.4. The van der Waals surface area contributed by atoms with Crippen LogP contribution in [0.1, 0.15) is 79.1 Å². The highest BCUT2D eigenvalue weighted by molar-refractivity contribution is 7.13. The number of halogens is 3. The molecular formula is C31H28Cl3N3O4S. The minimum absolute atomic E-state index is 0.0326. The molecule has 1 N–H and O–H groups in total. The van der Waals surface area contributed by atoms with Crippen molar-refractivity contribution in [2.45, 2.75) is 82.1 Å². The van der Waals surface area contributed by atoms with Gasteiger partial charge in [-0.15, -0.1) is 0 Å². The zero-order chi connectivity index (χ0) is 28.7. The summed E-state index contributed by atoms with van der Waals surface area (Å²) in [7, 11) is 0. The molecule has 0 radical (unpaired) electrons. The SMILES string of the molecule is O=C(O)c1nsc2cc(N3C4CCC3CC3(CC(OCc5c(-c6c(Cl)cccc6Cl)noc5C5CC5)C3)C4)cc(Cl)c12. The van der Waals surface area contributed by atoms with Gasteiger partial charge in [-0.25, -0.2) is 4.79 Å². The van der Waals surface area contributed by atoms with Crippen LogP contribution in [0.3, 0.4) is 0 Å². The molecule has 2 unspecified atom stereocenters. The fourth-order valence-corrected chi connectivity index (χ4v) is 9.54. The summed E-state index contributed by atoms with van der Waals surface area (Å²) in [6.45, 7) is 0.442. The van der Waals surface area contributed by atoms with Crippen LogP contribution in [0.2, 0.25) is 15.1 Å². The molecule has 2 bridgehead atoms. The van der Waals surface area contributed by atoms with Crippen molar-refractivity contribution in [2.75, 3.05) is 4.90 Å². The van der Waals surface area contributed by atoms with Crippen LogP contribution in [0.5, 0.6) is 0 Å². The second kappa shape index (κ2) is 10.1. The van der Waals surface area contributed by atoms with Gasteiger partial charge in [0.05, 0.1) is 32.5 Å². The van der Waals surface area contributed by atoms with Gasteiger partial charge in [0.1, 0.15) is 11.5 Å². The predicted octanol–water partition coefficient (Wildman–Crippen LogP) is 8.98. The highest BCUT2D eigenvalue weighted by atomic mass is 35.5. The maximum absolute atomic E-state index is 11.6. The fourth-order valence-electron chi connectivity index (χ4n) is 7.78.